The lowest BCUT2D eigenvalue weighted by atomic mass is 10.1. The highest BCUT2D eigenvalue weighted by Crippen LogP contribution is 2.17. The number of nitrogens with zero attached hydrogens (tertiary/aromatic N) is 1. The van der Waals surface area contributed by atoms with Gasteiger partial charge in [-0.3, -0.25) is 9.78 Å². The van der Waals surface area contributed by atoms with Crippen LogP contribution in [0.3, 0.4) is 0 Å². The summed E-state index contributed by atoms with van der Waals surface area (Å²) in [5, 5.41) is 2.93. The number of benzene rings is 2. The fourth-order valence-corrected chi connectivity index (χ4v) is 2.59. The summed E-state index contributed by atoms with van der Waals surface area (Å²) in [5.41, 5.74) is 3.75. The maximum atomic E-state index is 12.4. The molecule has 0 aliphatic rings. The number of pyridine rings is 1. The van der Waals surface area contributed by atoms with E-state index < -0.39 is 0 Å². The standard InChI is InChI=1S/C22H22N2O2/c1-2-14-26-21-5-3-4-19(16-21)22(25)24-20-8-6-17(7-9-20)15-18-10-12-23-13-11-18/h3-13,16H,2,14-15H2,1H3,(H,24,25). The van der Waals surface area contributed by atoms with E-state index in [9.17, 15) is 4.79 Å². The van der Waals surface area contributed by atoms with Crippen LogP contribution in [-0.4, -0.2) is 17.5 Å². The molecule has 1 aromatic heterocycles. The van der Waals surface area contributed by atoms with Gasteiger partial charge in [-0.05, 0) is 66.4 Å². The first kappa shape index (κ1) is 17.7. The van der Waals surface area contributed by atoms with Crippen molar-refractivity contribution in [1.29, 1.82) is 0 Å². The van der Waals surface area contributed by atoms with E-state index in [-0.39, 0.29) is 5.91 Å². The van der Waals surface area contributed by atoms with Crippen LogP contribution in [0.15, 0.2) is 73.1 Å². The Bertz CT molecular complexity index is 846. The molecule has 1 amide bonds. The van der Waals surface area contributed by atoms with Crippen LogP contribution < -0.4 is 10.1 Å². The lowest BCUT2D eigenvalue weighted by Crippen LogP contribution is -2.12. The molecule has 26 heavy (non-hydrogen) atoms. The minimum Gasteiger partial charge on any atom is -0.494 e. The molecular formula is C22H22N2O2. The monoisotopic (exact) mass is 346 g/mol. The molecule has 0 radical (unpaired) electrons. The average molecular weight is 346 g/mol. The average Bonchev–Trinajstić information content (AvgIpc) is 2.69. The van der Waals surface area contributed by atoms with Gasteiger partial charge in [0.05, 0.1) is 6.61 Å². The van der Waals surface area contributed by atoms with Crippen molar-refractivity contribution in [3.8, 4) is 5.75 Å². The van der Waals surface area contributed by atoms with Crippen molar-refractivity contribution in [2.75, 3.05) is 11.9 Å². The number of nitrogens with one attached hydrogen (secondary N) is 1. The van der Waals surface area contributed by atoms with Gasteiger partial charge in [-0.15, -0.1) is 0 Å². The molecule has 1 heterocycles. The van der Waals surface area contributed by atoms with Crippen LogP contribution in [0, 0.1) is 0 Å². The zero-order valence-electron chi connectivity index (χ0n) is 14.8. The summed E-state index contributed by atoms with van der Waals surface area (Å²) in [4.78, 5) is 16.5. The summed E-state index contributed by atoms with van der Waals surface area (Å²) in [6, 6.07) is 19.1. The number of hydrogen-bond acceptors (Lipinski definition) is 3. The van der Waals surface area contributed by atoms with Gasteiger partial charge in [0.1, 0.15) is 5.75 Å². The Hall–Kier alpha value is -3.14. The molecule has 0 aliphatic carbocycles. The van der Waals surface area contributed by atoms with Crippen molar-refractivity contribution in [3.63, 3.8) is 0 Å². The van der Waals surface area contributed by atoms with Gasteiger partial charge in [-0.25, -0.2) is 0 Å². The summed E-state index contributed by atoms with van der Waals surface area (Å²) in [6.45, 7) is 2.69. The van der Waals surface area contributed by atoms with Gasteiger partial charge in [0.25, 0.3) is 5.91 Å². The predicted octanol–water partition coefficient (Wildman–Crippen LogP) is 4.71. The van der Waals surface area contributed by atoms with Crippen LogP contribution in [0.2, 0.25) is 0 Å². The van der Waals surface area contributed by atoms with E-state index in [0.29, 0.717) is 17.9 Å². The summed E-state index contributed by atoms with van der Waals surface area (Å²) < 4.78 is 5.58. The Kier molecular flexibility index (Phi) is 5.99. The molecule has 0 unspecified atom stereocenters. The van der Waals surface area contributed by atoms with Gasteiger partial charge in [0, 0.05) is 23.6 Å². The lowest BCUT2D eigenvalue weighted by Gasteiger charge is -2.09. The quantitative estimate of drug-likeness (QED) is 0.674. The number of ether oxygens (including phenoxy) is 1. The molecule has 4 heteroatoms. The molecule has 0 spiro atoms. The first-order valence-corrected chi connectivity index (χ1v) is 8.76. The van der Waals surface area contributed by atoms with Crippen molar-refractivity contribution in [2.45, 2.75) is 19.8 Å². The van der Waals surface area contributed by atoms with E-state index in [4.69, 9.17) is 4.74 Å². The third-order valence-electron chi connectivity index (χ3n) is 3.94. The Morgan fingerprint density at radius 1 is 1.00 bits per heavy atom. The van der Waals surface area contributed by atoms with E-state index >= 15 is 0 Å². The van der Waals surface area contributed by atoms with Crippen LogP contribution in [-0.2, 0) is 6.42 Å². The van der Waals surface area contributed by atoms with Crippen molar-refractivity contribution >= 4 is 11.6 Å². The van der Waals surface area contributed by atoms with Gasteiger partial charge in [-0.2, -0.15) is 0 Å². The first-order chi connectivity index (χ1) is 12.7. The molecule has 0 atom stereocenters. The second-order valence-corrected chi connectivity index (χ2v) is 6.06. The van der Waals surface area contributed by atoms with Gasteiger partial charge in [0.15, 0.2) is 0 Å². The minimum atomic E-state index is -0.145. The topological polar surface area (TPSA) is 51.2 Å². The van der Waals surface area contributed by atoms with Gasteiger partial charge in [0.2, 0.25) is 0 Å². The Labute approximate surface area is 153 Å². The third-order valence-corrected chi connectivity index (χ3v) is 3.94. The zero-order chi connectivity index (χ0) is 18.2. The molecule has 1 N–H and O–H groups in total. The summed E-state index contributed by atoms with van der Waals surface area (Å²) in [6.07, 6.45) is 5.36. The number of carbonyl (C=O) groups excluding carboxylic acids is 1. The van der Waals surface area contributed by atoms with E-state index in [2.05, 4.69) is 17.2 Å². The lowest BCUT2D eigenvalue weighted by molar-refractivity contribution is 0.102. The van der Waals surface area contributed by atoms with Gasteiger partial charge in [-0.1, -0.05) is 25.1 Å². The molecule has 3 aromatic rings. The molecule has 0 saturated carbocycles. The number of hydrogen-bond donors (Lipinski definition) is 1. The van der Waals surface area contributed by atoms with Gasteiger partial charge >= 0.3 is 0 Å². The highest BCUT2D eigenvalue weighted by molar-refractivity contribution is 6.04. The van der Waals surface area contributed by atoms with Crippen LogP contribution in [0.5, 0.6) is 5.75 Å². The maximum absolute atomic E-state index is 12.4. The SMILES string of the molecule is CCCOc1cccc(C(=O)Nc2ccc(Cc3ccncc3)cc2)c1. The molecular weight excluding hydrogens is 324 g/mol. The predicted molar refractivity (Wildman–Crippen MR) is 104 cm³/mol. The van der Waals surface area contributed by atoms with E-state index in [1.54, 1.807) is 24.5 Å². The first-order valence-electron chi connectivity index (χ1n) is 8.76. The van der Waals surface area contributed by atoms with E-state index in [1.165, 1.54) is 11.1 Å². The molecule has 0 fully saturated rings. The highest BCUT2D eigenvalue weighted by Gasteiger charge is 2.07. The minimum absolute atomic E-state index is 0.145. The largest absolute Gasteiger partial charge is 0.494 e. The normalized spacial score (nSPS) is 10.3. The van der Waals surface area contributed by atoms with Crippen LogP contribution in [0.25, 0.3) is 0 Å². The smallest absolute Gasteiger partial charge is 0.255 e. The molecule has 132 valence electrons. The maximum Gasteiger partial charge on any atom is 0.255 e. The Morgan fingerprint density at radius 3 is 2.46 bits per heavy atom. The second-order valence-electron chi connectivity index (χ2n) is 6.06. The van der Waals surface area contributed by atoms with E-state index in [0.717, 1.165) is 18.5 Å². The molecule has 4 nitrogen and oxygen atoms in total. The van der Waals surface area contributed by atoms with Crippen molar-refractivity contribution in [1.82, 2.24) is 4.98 Å². The van der Waals surface area contributed by atoms with Crippen molar-refractivity contribution < 1.29 is 9.53 Å². The molecule has 0 bridgehead atoms. The molecule has 2 aromatic carbocycles. The summed E-state index contributed by atoms with van der Waals surface area (Å²) >= 11 is 0. The number of carbonyl (C=O) groups is 1. The van der Waals surface area contributed by atoms with Crippen molar-refractivity contribution in [2.24, 2.45) is 0 Å². The van der Waals surface area contributed by atoms with Crippen molar-refractivity contribution in [3.05, 3.63) is 89.7 Å². The van der Waals surface area contributed by atoms with Crippen LogP contribution in [0.4, 0.5) is 5.69 Å². The van der Waals surface area contributed by atoms with Crippen LogP contribution in [0.1, 0.15) is 34.8 Å². The number of aromatic nitrogens is 1. The fraction of sp³-hybridized carbons (Fsp3) is 0.182. The highest BCUT2D eigenvalue weighted by atomic mass is 16.5. The molecule has 0 aliphatic heterocycles. The Morgan fingerprint density at radius 2 is 1.73 bits per heavy atom. The fourth-order valence-electron chi connectivity index (χ4n) is 2.59. The number of rotatable bonds is 7. The third kappa shape index (κ3) is 4.93. The summed E-state index contributed by atoms with van der Waals surface area (Å²) in [7, 11) is 0. The molecule has 0 saturated heterocycles. The second kappa shape index (κ2) is 8.81. The van der Waals surface area contributed by atoms with E-state index in [1.807, 2.05) is 48.5 Å². The van der Waals surface area contributed by atoms with Crippen LogP contribution >= 0.6 is 0 Å². The summed E-state index contributed by atoms with van der Waals surface area (Å²) in [5.74, 6) is 0.570. The number of amides is 1. The Balaban J connectivity index is 1.62. The number of anilines is 1. The zero-order valence-corrected chi connectivity index (χ0v) is 14.8. The van der Waals surface area contributed by atoms with Gasteiger partial charge < -0.3 is 10.1 Å². The molecule has 3 rings (SSSR count).